The number of methoxy groups -OCH3 is 1. The molecule has 0 atom stereocenters. The Morgan fingerprint density at radius 1 is 1.53 bits per heavy atom. The van der Waals surface area contributed by atoms with Crippen LogP contribution < -0.4 is 15.8 Å². The Labute approximate surface area is 90.2 Å². The van der Waals surface area contributed by atoms with Gasteiger partial charge in [-0.3, -0.25) is 0 Å². The highest BCUT2D eigenvalue weighted by atomic mass is 16.5. The average molecular weight is 207 g/mol. The van der Waals surface area contributed by atoms with E-state index in [1.165, 1.54) is 0 Å². The molecule has 0 spiro atoms. The molecule has 82 valence electrons. The molecule has 4 heteroatoms. The number of pyridine rings is 1. The first-order chi connectivity index (χ1) is 7.27. The van der Waals surface area contributed by atoms with Crippen molar-refractivity contribution in [3.63, 3.8) is 0 Å². The van der Waals surface area contributed by atoms with Crippen LogP contribution in [0.1, 0.15) is 12.1 Å². The molecule has 0 radical (unpaired) electrons. The Kier molecular flexibility index (Phi) is 4.63. The molecule has 0 saturated carbocycles. The van der Waals surface area contributed by atoms with Crippen LogP contribution in [0.5, 0.6) is 5.88 Å². The zero-order valence-corrected chi connectivity index (χ0v) is 9.16. The van der Waals surface area contributed by atoms with Crippen molar-refractivity contribution in [2.75, 3.05) is 26.4 Å². The van der Waals surface area contributed by atoms with Crippen LogP contribution >= 0.6 is 0 Å². The van der Waals surface area contributed by atoms with E-state index in [-0.39, 0.29) is 0 Å². The largest absolute Gasteiger partial charge is 0.480 e. The van der Waals surface area contributed by atoms with Gasteiger partial charge in [0.1, 0.15) is 0 Å². The maximum Gasteiger partial charge on any atom is 0.237 e. The molecule has 0 aliphatic rings. The third-order valence-corrected chi connectivity index (χ3v) is 1.95. The molecule has 3 N–H and O–H groups in total. The minimum atomic E-state index is 0.478. The molecule has 0 bridgehead atoms. The Morgan fingerprint density at radius 3 is 3.00 bits per heavy atom. The molecule has 0 aromatic carbocycles. The van der Waals surface area contributed by atoms with E-state index in [9.17, 15) is 0 Å². The molecule has 0 aliphatic carbocycles. The predicted octanol–water partition coefficient (Wildman–Crippen LogP) is 1.30. The summed E-state index contributed by atoms with van der Waals surface area (Å²) in [6.45, 7) is 0.961. The van der Waals surface area contributed by atoms with Gasteiger partial charge in [0, 0.05) is 0 Å². The summed E-state index contributed by atoms with van der Waals surface area (Å²) < 4.78 is 5.03. The fourth-order valence-corrected chi connectivity index (χ4v) is 1.15. The zero-order valence-electron chi connectivity index (χ0n) is 9.16. The number of ether oxygens (including phenoxy) is 1. The van der Waals surface area contributed by atoms with E-state index in [0.717, 1.165) is 18.7 Å². The van der Waals surface area contributed by atoms with Gasteiger partial charge in [-0.15, -0.1) is 0 Å². The second kappa shape index (κ2) is 6.03. The molecule has 1 aromatic heterocycles. The van der Waals surface area contributed by atoms with Crippen molar-refractivity contribution >= 4 is 11.8 Å². The minimum absolute atomic E-state index is 0.478. The lowest BCUT2D eigenvalue weighted by Gasteiger charge is -2.03. The Morgan fingerprint density at radius 2 is 2.33 bits per heavy atom. The molecule has 0 fully saturated rings. The smallest absolute Gasteiger partial charge is 0.237 e. The summed E-state index contributed by atoms with van der Waals surface area (Å²) in [7, 11) is 3.49. The first-order valence-electron chi connectivity index (χ1n) is 4.89. The van der Waals surface area contributed by atoms with Crippen molar-refractivity contribution in [3.05, 3.63) is 23.9 Å². The number of nitrogens with two attached hydrogens (primary N) is 1. The van der Waals surface area contributed by atoms with Crippen LogP contribution in [0.15, 0.2) is 18.2 Å². The van der Waals surface area contributed by atoms with Crippen molar-refractivity contribution in [2.45, 2.75) is 6.42 Å². The maximum absolute atomic E-state index is 5.65. The number of anilines is 1. The van der Waals surface area contributed by atoms with Crippen molar-refractivity contribution < 1.29 is 4.74 Å². The summed E-state index contributed by atoms with van der Waals surface area (Å²) in [6, 6.07) is 3.66. The van der Waals surface area contributed by atoms with Crippen molar-refractivity contribution in [1.29, 1.82) is 0 Å². The van der Waals surface area contributed by atoms with Gasteiger partial charge in [0.15, 0.2) is 0 Å². The first kappa shape index (κ1) is 11.5. The molecule has 1 aromatic rings. The van der Waals surface area contributed by atoms with E-state index >= 15 is 0 Å². The lowest BCUT2D eigenvalue weighted by Crippen LogP contribution is -2.05. The Bertz CT molecular complexity index is 337. The lowest BCUT2D eigenvalue weighted by molar-refractivity contribution is 0.400. The van der Waals surface area contributed by atoms with Gasteiger partial charge in [0.25, 0.3) is 0 Å². The molecule has 0 saturated heterocycles. The topological polar surface area (TPSA) is 60.2 Å². The van der Waals surface area contributed by atoms with Gasteiger partial charge < -0.3 is 15.8 Å². The van der Waals surface area contributed by atoms with Gasteiger partial charge in [0.2, 0.25) is 5.88 Å². The third kappa shape index (κ3) is 3.59. The lowest BCUT2D eigenvalue weighted by atomic mass is 10.3. The Balaban J connectivity index is 2.65. The van der Waals surface area contributed by atoms with E-state index in [4.69, 9.17) is 10.5 Å². The number of hydrogen-bond acceptors (Lipinski definition) is 4. The number of nitrogens with zero attached hydrogens (tertiary/aromatic N) is 1. The van der Waals surface area contributed by atoms with Crippen LogP contribution in [0, 0.1) is 0 Å². The first-order valence-corrected chi connectivity index (χ1v) is 4.89. The maximum atomic E-state index is 5.65. The second-order valence-electron chi connectivity index (χ2n) is 3.13. The van der Waals surface area contributed by atoms with Gasteiger partial charge in [0.05, 0.1) is 18.5 Å². The summed E-state index contributed by atoms with van der Waals surface area (Å²) in [6.07, 6.45) is 5.00. The minimum Gasteiger partial charge on any atom is -0.480 e. The summed E-state index contributed by atoms with van der Waals surface area (Å²) >= 11 is 0. The number of hydrogen-bond donors (Lipinski definition) is 2. The monoisotopic (exact) mass is 207 g/mol. The second-order valence-corrected chi connectivity index (χ2v) is 3.13. The van der Waals surface area contributed by atoms with Crippen LogP contribution in [0.3, 0.4) is 0 Å². The molecule has 0 amide bonds. The number of nitrogen functional groups attached to an aromatic ring is 1. The fraction of sp³-hybridized carbons (Fsp3) is 0.364. The normalized spacial score (nSPS) is 10.8. The van der Waals surface area contributed by atoms with Gasteiger partial charge in [-0.2, -0.15) is 0 Å². The summed E-state index contributed by atoms with van der Waals surface area (Å²) in [5.41, 5.74) is 7.07. The number of rotatable bonds is 5. The number of aromatic nitrogens is 1. The molecule has 1 heterocycles. The van der Waals surface area contributed by atoms with Gasteiger partial charge >= 0.3 is 0 Å². The molecule has 1 rings (SSSR count). The molecular weight excluding hydrogens is 190 g/mol. The van der Waals surface area contributed by atoms with E-state index in [0.29, 0.717) is 11.6 Å². The van der Waals surface area contributed by atoms with Gasteiger partial charge in [-0.25, -0.2) is 4.98 Å². The van der Waals surface area contributed by atoms with Gasteiger partial charge in [-0.1, -0.05) is 6.08 Å². The van der Waals surface area contributed by atoms with Crippen LogP contribution in [0.2, 0.25) is 0 Å². The molecular formula is C11H17N3O. The highest BCUT2D eigenvalue weighted by Gasteiger charge is 1.99. The SMILES string of the molecule is CNCCC=Cc1ccc(N)c(OC)n1. The summed E-state index contributed by atoms with van der Waals surface area (Å²) in [5, 5.41) is 3.07. The van der Waals surface area contributed by atoms with Crippen molar-refractivity contribution in [1.82, 2.24) is 10.3 Å². The third-order valence-electron chi connectivity index (χ3n) is 1.95. The molecule has 0 unspecified atom stereocenters. The van der Waals surface area contributed by atoms with E-state index in [2.05, 4.69) is 16.4 Å². The van der Waals surface area contributed by atoms with Crippen LogP contribution in [-0.2, 0) is 0 Å². The highest BCUT2D eigenvalue weighted by molar-refractivity contribution is 5.54. The van der Waals surface area contributed by atoms with Crippen molar-refractivity contribution in [2.24, 2.45) is 0 Å². The standard InChI is InChI=1S/C11H17N3O/c1-13-8-4-3-5-9-6-7-10(12)11(14-9)15-2/h3,5-7,13H,4,8,12H2,1-2H3. The summed E-state index contributed by atoms with van der Waals surface area (Å²) in [4.78, 5) is 4.23. The van der Waals surface area contributed by atoms with E-state index < -0.39 is 0 Å². The van der Waals surface area contributed by atoms with Gasteiger partial charge in [-0.05, 0) is 38.2 Å². The van der Waals surface area contributed by atoms with E-state index in [1.54, 1.807) is 13.2 Å². The Hall–Kier alpha value is -1.55. The molecule has 0 aliphatic heterocycles. The molecule has 15 heavy (non-hydrogen) atoms. The number of nitrogens with one attached hydrogen (secondary N) is 1. The average Bonchev–Trinajstić information content (AvgIpc) is 2.26. The quantitative estimate of drug-likeness (QED) is 0.714. The van der Waals surface area contributed by atoms with Crippen LogP contribution in [-0.4, -0.2) is 25.7 Å². The molecule has 4 nitrogen and oxygen atoms in total. The van der Waals surface area contributed by atoms with Crippen molar-refractivity contribution in [3.8, 4) is 5.88 Å². The summed E-state index contributed by atoms with van der Waals surface area (Å²) in [5.74, 6) is 0.478. The van der Waals surface area contributed by atoms with Crippen LogP contribution in [0.4, 0.5) is 5.69 Å². The zero-order chi connectivity index (χ0) is 11.1. The fourth-order valence-electron chi connectivity index (χ4n) is 1.15. The van der Waals surface area contributed by atoms with Crippen LogP contribution in [0.25, 0.3) is 6.08 Å². The predicted molar refractivity (Wildman–Crippen MR) is 62.8 cm³/mol. The highest BCUT2D eigenvalue weighted by Crippen LogP contribution is 2.18. The van der Waals surface area contributed by atoms with E-state index in [1.807, 2.05) is 19.2 Å².